The molecule has 1 aromatic rings. The number of hydrogen-bond donors (Lipinski definition) is 1. The number of halogens is 1. The molecule has 2 rings (SSSR count). The Balaban J connectivity index is 2.56. The number of esters is 1. The van der Waals surface area contributed by atoms with E-state index in [4.69, 9.17) is 31.5 Å². The monoisotopic (exact) mass is 362 g/mol. The highest BCUT2D eigenvalue weighted by atomic mass is 35.5. The lowest BCUT2D eigenvalue weighted by molar-refractivity contribution is -0.139. The van der Waals surface area contributed by atoms with Gasteiger partial charge in [0.25, 0.3) is 0 Å². The normalized spacial score (nSPS) is 17.0. The number of hydrogen-bond acceptors (Lipinski definition) is 6. The van der Waals surface area contributed by atoms with Gasteiger partial charge in [0, 0.05) is 0 Å². The van der Waals surface area contributed by atoms with E-state index in [9.17, 15) is 10.1 Å². The fourth-order valence-corrected chi connectivity index (χ4v) is 2.80. The van der Waals surface area contributed by atoms with Gasteiger partial charge in [0.2, 0.25) is 5.88 Å². The maximum atomic E-state index is 12.5. The number of nitriles is 1. The van der Waals surface area contributed by atoms with Crippen LogP contribution >= 0.6 is 11.6 Å². The third-order valence-corrected chi connectivity index (χ3v) is 3.88. The predicted octanol–water partition coefficient (Wildman–Crippen LogP) is 2.95. The smallest absolute Gasteiger partial charge is 0.338 e. The highest BCUT2D eigenvalue weighted by molar-refractivity contribution is 6.19. The maximum Gasteiger partial charge on any atom is 0.338 e. The molecule has 0 aromatic heterocycles. The molecular weight excluding hydrogens is 344 g/mol. The average Bonchev–Trinajstić information content (AvgIpc) is 2.61. The number of allylic oxidation sites excluding steroid dienone is 2. The van der Waals surface area contributed by atoms with Gasteiger partial charge in [-0.05, 0) is 31.5 Å². The fourth-order valence-electron chi connectivity index (χ4n) is 2.61. The summed E-state index contributed by atoms with van der Waals surface area (Å²) in [5.74, 6) is -0.547. The minimum Gasteiger partial charge on any atom is -0.494 e. The summed E-state index contributed by atoms with van der Waals surface area (Å²) in [6.45, 7) is 4.31. The second-order valence-corrected chi connectivity index (χ2v) is 5.39. The number of carbonyl (C=O) groups excluding carboxylic acids is 1. The van der Waals surface area contributed by atoms with Crippen LogP contribution in [-0.2, 0) is 14.3 Å². The van der Waals surface area contributed by atoms with E-state index in [0.29, 0.717) is 17.9 Å². The van der Waals surface area contributed by atoms with Crippen LogP contribution in [0.1, 0.15) is 25.3 Å². The Kier molecular flexibility index (Phi) is 6.31. The van der Waals surface area contributed by atoms with Crippen molar-refractivity contribution in [3.8, 4) is 11.8 Å². The van der Waals surface area contributed by atoms with Gasteiger partial charge in [0.15, 0.2) is 0 Å². The zero-order valence-electron chi connectivity index (χ0n) is 14.0. The van der Waals surface area contributed by atoms with E-state index < -0.39 is 11.9 Å². The highest BCUT2D eigenvalue weighted by Gasteiger charge is 2.37. The Hall–Kier alpha value is -2.65. The van der Waals surface area contributed by atoms with Crippen molar-refractivity contribution in [1.29, 1.82) is 5.26 Å². The van der Waals surface area contributed by atoms with E-state index in [1.807, 2.05) is 13.0 Å². The molecule has 1 aromatic carbocycles. The van der Waals surface area contributed by atoms with Crippen molar-refractivity contribution in [2.45, 2.75) is 19.8 Å². The van der Waals surface area contributed by atoms with Gasteiger partial charge >= 0.3 is 5.97 Å². The number of rotatable bonds is 6. The van der Waals surface area contributed by atoms with Crippen LogP contribution in [-0.4, -0.2) is 25.1 Å². The standard InChI is InChI=1S/C18H19ClN2O4/c1-3-23-12-7-5-11(6-8-12)15-13(10-20)17(21)25-14(9-19)16(15)18(22)24-4-2/h5-8,15H,3-4,9,21H2,1-2H3/t15-/m0/s1. The molecule has 25 heavy (non-hydrogen) atoms. The molecule has 132 valence electrons. The van der Waals surface area contributed by atoms with Crippen molar-refractivity contribution in [3.63, 3.8) is 0 Å². The topological polar surface area (TPSA) is 94.6 Å². The molecular formula is C18H19ClN2O4. The van der Waals surface area contributed by atoms with Gasteiger partial charge in [-0.1, -0.05) is 12.1 Å². The van der Waals surface area contributed by atoms with E-state index in [1.165, 1.54) is 0 Å². The second kappa shape index (κ2) is 8.45. The van der Waals surface area contributed by atoms with Crippen LogP contribution < -0.4 is 10.5 Å². The van der Waals surface area contributed by atoms with E-state index in [-0.39, 0.29) is 35.3 Å². The Morgan fingerprint density at radius 2 is 2.00 bits per heavy atom. The van der Waals surface area contributed by atoms with Crippen LogP contribution in [0.2, 0.25) is 0 Å². The number of alkyl halides is 1. The SMILES string of the molecule is CCOC(=O)C1=C(CCl)OC(N)=C(C#N)[C@@H]1c1ccc(OCC)cc1. The van der Waals surface area contributed by atoms with Gasteiger partial charge in [-0.15, -0.1) is 11.6 Å². The number of nitrogens with zero attached hydrogens (tertiary/aromatic N) is 1. The van der Waals surface area contributed by atoms with Gasteiger partial charge in [-0.25, -0.2) is 4.79 Å². The summed E-state index contributed by atoms with van der Waals surface area (Å²) in [5, 5.41) is 9.52. The molecule has 0 spiro atoms. The van der Waals surface area contributed by atoms with Gasteiger partial charge in [-0.2, -0.15) is 5.26 Å². The van der Waals surface area contributed by atoms with E-state index >= 15 is 0 Å². The summed E-state index contributed by atoms with van der Waals surface area (Å²) in [6, 6.07) is 9.11. The average molecular weight is 363 g/mol. The zero-order valence-corrected chi connectivity index (χ0v) is 14.8. The van der Waals surface area contributed by atoms with Crippen LogP contribution in [0.15, 0.2) is 47.1 Å². The van der Waals surface area contributed by atoms with Crippen molar-refractivity contribution in [1.82, 2.24) is 0 Å². The van der Waals surface area contributed by atoms with E-state index in [1.54, 1.807) is 31.2 Å². The first-order valence-corrected chi connectivity index (χ1v) is 8.37. The second-order valence-electron chi connectivity index (χ2n) is 5.12. The first-order valence-electron chi connectivity index (χ1n) is 7.83. The number of benzene rings is 1. The first kappa shape index (κ1) is 18.7. The molecule has 0 amide bonds. The summed E-state index contributed by atoms with van der Waals surface area (Å²) in [7, 11) is 0. The van der Waals surface area contributed by atoms with Crippen molar-refractivity contribution in [2.75, 3.05) is 19.1 Å². The van der Waals surface area contributed by atoms with Gasteiger partial charge in [-0.3, -0.25) is 0 Å². The lowest BCUT2D eigenvalue weighted by Crippen LogP contribution is -2.26. The molecule has 1 aliphatic rings. The summed E-state index contributed by atoms with van der Waals surface area (Å²) < 4.78 is 15.9. The fraction of sp³-hybridized carbons (Fsp3) is 0.333. The minimum atomic E-state index is -0.706. The van der Waals surface area contributed by atoms with Crippen LogP contribution in [0.3, 0.4) is 0 Å². The van der Waals surface area contributed by atoms with E-state index in [0.717, 1.165) is 0 Å². The molecule has 0 bridgehead atoms. The lowest BCUT2D eigenvalue weighted by Gasteiger charge is -2.27. The minimum absolute atomic E-state index is 0.0647. The number of carbonyl (C=O) groups is 1. The quantitative estimate of drug-likeness (QED) is 0.617. The molecule has 0 aliphatic carbocycles. The molecule has 6 nitrogen and oxygen atoms in total. The van der Waals surface area contributed by atoms with Crippen LogP contribution in [0.4, 0.5) is 0 Å². The predicted molar refractivity (Wildman–Crippen MR) is 92.6 cm³/mol. The Labute approximate surface area is 151 Å². The Morgan fingerprint density at radius 1 is 1.32 bits per heavy atom. The summed E-state index contributed by atoms with van der Waals surface area (Å²) >= 11 is 5.92. The molecule has 0 saturated heterocycles. The van der Waals surface area contributed by atoms with Gasteiger partial charge < -0.3 is 19.9 Å². The van der Waals surface area contributed by atoms with E-state index in [2.05, 4.69) is 0 Å². The van der Waals surface area contributed by atoms with Gasteiger partial charge in [0.05, 0.1) is 30.6 Å². The molecule has 0 unspecified atom stereocenters. The van der Waals surface area contributed by atoms with Crippen molar-refractivity contribution >= 4 is 17.6 Å². The molecule has 0 radical (unpaired) electrons. The summed E-state index contributed by atoms with van der Waals surface area (Å²) in [6.07, 6.45) is 0. The molecule has 0 saturated carbocycles. The first-order chi connectivity index (χ1) is 12.1. The Bertz CT molecular complexity index is 747. The number of ether oxygens (including phenoxy) is 3. The zero-order chi connectivity index (χ0) is 18.4. The lowest BCUT2D eigenvalue weighted by atomic mass is 9.83. The largest absolute Gasteiger partial charge is 0.494 e. The van der Waals surface area contributed by atoms with Gasteiger partial charge in [0.1, 0.15) is 23.2 Å². The molecule has 1 atom stereocenters. The van der Waals surface area contributed by atoms with Crippen molar-refractivity contribution in [3.05, 3.63) is 52.6 Å². The number of nitrogens with two attached hydrogens (primary N) is 1. The molecule has 7 heteroatoms. The van der Waals surface area contributed by atoms with Crippen molar-refractivity contribution < 1.29 is 19.0 Å². The summed E-state index contributed by atoms with van der Waals surface area (Å²) in [5.41, 5.74) is 6.88. The molecule has 1 heterocycles. The third kappa shape index (κ3) is 3.89. The van der Waals surface area contributed by atoms with Crippen LogP contribution in [0.5, 0.6) is 5.75 Å². The molecule has 2 N–H and O–H groups in total. The highest BCUT2D eigenvalue weighted by Crippen LogP contribution is 2.40. The molecule has 1 aliphatic heterocycles. The van der Waals surface area contributed by atoms with Crippen molar-refractivity contribution in [2.24, 2.45) is 5.73 Å². The maximum absolute atomic E-state index is 12.5. The summed E-state index contributed by atoms with van der Waals surface area (Å²) in [4.78, 5) is 12.5. The van der Waals surface area contributed by atoms with Crippen LogP contribution in [0, 0.1) is 11.3 Å². The molecule has 0 fully saturated rings. The van der Waals surface area contributed by atoms with Crippen LogP contribution in [0.25, 0.3) is 0 Å². The Morgan fingerprint density at radius 3 is 2.52 bits per heavy atom. The third-order valence-electron chi connectivity index (χ3n) is 3.64.